The van der Waals surface area contributed by atoms with E-state index in [0.29, 0.717) is 17.7 Å². The van der Waals surface area contributed by atoms with E-state index in [2.05, 4.69) is 5.32 Å². The minimum Gasteiger partial charge on any atom is -0.465 e. The molecule has 0 fully saturated rings. The van der Waals surface area contributed by atoms with Crippen molar-refractivity contribution in [2.24, 2.45) is 5.73 Å². The standard InChI is InChI=1S/C15H22N2O3/c1-4-5-6-12(16)14(18)17-13-8-7-10(2)9-11(13)15(19)20-3/h7-9,12H,4-6,16H2,1-3H3,(H,17,18). The number of anilines is 1. The van der Waals surface area contributed by atoms with Crippen LogP contribution in [-0.4, -0.2) is 25.0 Å². The lowest BCUT2D eigenvalue weighted by atomic mass is 10.1. The van der Waals surface area contributed by atoms with Crippen LogP contribution >= 0.6 is 0 Å². The third-order valence-electron chi connectivity index (χ3n) is 3.04. The number of rotatable bonds is 6. The molecule has 0 aromatic heterocycles. The molecule has 5 nitrogen and oxygen atoms in total. The molecule has 1 amide bonds. The van der Waals surface area contributed by atoms with Crippen LogP contribution in [0.15, 0.2) is 18.2 Å². The summed E-state index contributed by atoms with van der Waals surface area (Å²) in [5.41, 5.74) is 7.49. The zero-order valence-electron chi connectivity index (χ0n) is 12.2. The number of ether oxygens (including phenoxy) is 1. The monoisotopic (exact) mass is 278 g/mol. The molecular formula is C15H22N2O3. The van der Waals surface area contributed by atoms with Gasteiger partial charge in [0.25, 0.3) is 0 Å². The second-order valence-corrected chi connectivity index (χ2v) is 4.78. The van der Waals surface area contributed by atoms with E-state index in [0.717, 1.165) is 18.4 Å². The summed E-state index contributed by atoms with van der Waals surface area (Å²) in [5, 5.41) is 2.70. The molecule has 0 aliphatic carbocycles. The molecule has 110 valence electrons. The summed E-state index contributed by atoms with van der Waals surface area (Å²) in [6, 6.07) is 4.62. The molecule has 3 N–H and O–H groups in total. The topological polar surface area (TPSA) is 81.4 Å². The van der Waals surface area contributed by atoms with Crippen LogP contribution in [0.2, 0.25) is 0 Å². The van der Waals surface area contributed by atoms with E-state index in [-0.39, 0.29) is 5.91 Å². The molecule has 0 saturated carbocycles. The maximum absolute atomic E-state index is 12.0. The van der Waals surface area contributed by atoms with Gasteiger partial charge in [0.1, 0.15) is 0 Å². The van der Waals surface area contributed by atoms with Gasteiger partial charge >= 0.3 is 5.97 Å². The summed E-state index contributed by atoms with van der Waals surface area (Å²) < 4.78 is 4.72. The number of unbranched alkanes of at least 4 members (excludes halogenated alkanes) is 1. The number of carbonyl (C=O) groups is 2. The van der Waals surface area contributed by atoms with E-state index in [9.17, 15) is 9.59 Å². The number of hydrogen-bond donors (Lipinski definition) is 2. The fourth-order valence-corrected chi connectivity index (χ4v) is 1.83. The molecule has 5 heteroatoms. The molecule has 1 rings (SSSR count). The summed E-state index contributed by atoms with van der Waals surface area (Å²) in [4.78, 5) is 23.7. The average molecular weight is 278 g/mol. The second-order valence-electron chi connectivity index (χ2n) is 4.78. The van der Waals surface area contributed by atoms with Crippen LogP contribution in [0.1, 0.15) is 42.1 Å². The largest absolute Gasteiger partial charge is 0.465 e. The first-order chi connectivity index (χ1) is 9.49. The highest BCUT2D eigenvalue weighted by Gasteiger charge is 2.17. The number of nitrogens with one attached hydrogen (secondary N) is 1. The fraction of sp³-hybridized carbons (Fsp3) is 0.467. The molecule has 0 radical (unpaired) electrons. The van der Waals surface area contributed by atoms with Gasteiger partial charge in [-0.25, -0.2) is 4.79 Å². The molecule has 0 aliphatic rings. The van der Waals surface area contributed by atoms with E-state index in [1.807, 2.05) is 19.9 Å². The lowest BCUT2D eigenvalue weighted by molar-refractivity contribution is -0.117. The summed E-state index contributed by atoms with van der Waals surface area (Å²) in [5.74, 6) is -0.765. The van der Waals surface area contributed by atoms with E-state index >= 15 is 0 Å². The third kappa shape index (κ3) is 4.35. The molecule has 0 saturated heterocycles. The van der Waals surface area contributed by atoms with Crippen LogP contribution in [0.3, 0.4) is 0 Å². The Balaban J connectivity index is 2.86. The Labute approximate surface area is 119 Å². The van der Waals surface area contributed by atoms with Crippen molar-refractivity contribution in [3.05, 3.63) is 29.3 Å². The molecular weight excluding hydrogens is 256 g/mol. The number of carbonyl (C=O) groups excluding carboxylic acids is 2. The van der Waals surface area contributed by atoms with Crippen molar-refractivity contribution in [1.29, 1.82) is 0 Å². The van der Waals surface area contributed by atoms with Crippen LogP contribution in [0.4, 0.5) is 5.69 Å². The van der Waals surface area contributed by atoms with E-state index in [1.165, 1.54) is 7.11 Å². The molecule has 0 bridgehead atoms. The van der Waals surface area contributed by atoms with Crippen molar-refractivity contribution in [1.82, 2.24) is 0 Å². The summed E-state index contributed by atoms with van der Waals surface area (Å²) in [7, 11) is 1.31. The zero-order valence-corrected chi connectivity index (χ0v) is 12.2. The minimum absolute atomic E-state index is 0.285. The first-order valence-electron chi connectivity index (χ1n) is 6.75. The average Bonchev–Trinajstić information content (AvgIpc) is 2.45. The Bertz CT molecular complexity index is 486. The number of esters is 1. The normalized spacial score (nSPS) is 11.8. The van der Waals surface area contributed by atoms with Crippen LogP contribution in [0.5, 0.6) is 0 Å². The third-order valence-corrected chi connectivity index (χ3v) is 3.04. The van der Waals surface area contributed by atoms with Gasteiger partial charge in [-0.2, -0.15) is 0 Å². The molecule has 1 aromatic carbocycles. The highest BCUT2D eigenvalue weighted by Crippen LogP contribution is 2.19. The summed E-state index contributed by atoms with van der Waals surface area (Å²) >= 11 is 0. The van der Waals surface area contributed by atoms with Gasteiger partial charge in [0.05, 0.1) is 24.4 Å². The molecule has 20 heavy (non-hydrogen) atoms. The maximum atomic E-state index is 12.0. The number of methoxy groups -OCH3 is 1. The molecule has 1 aromatic rings. The predicted molar refractivity (Wildman–Crippen MR) is 78.6 cm³/mol. The van der Waals surface area contributed by atoms with Gasteiger partial charge in [-0.05, 0) is 25.5 Å². The molecule has 0 aliphatic heterocycles. The van der Waals surface area contributed by atoms with Gasteiger partial charge in [-0.3, -0.25) is 4.79 Å². The van der Waals surface area contributed by atoms with Crippen molar-refractivity contribution < 1.29 is 14.3 Å². The summed E-state index contributed by atoms with van der Waals surface area (Å²) in [6.07, 6.45) is 2.51. The highest BCUT2D eigenvalue weighted by atomic mass is 16.5. The van der Waals surface area contributed by atoms with Crippen molar-refractivity contribution in [3.63, 3.8) is 0 Å². The summed E-state index contributed by atoms with van der Waals surface area (Å²) in [6.45, 7) is 3.91. The maximum Gasteiger partial charge on any atom is 0.339 e. The Morgan fingerprint density at radius 2 is 2.10 bits per heavy atom. The minimum atomic E-state index is -0.568. The van der Waals surface area contributed by atoms with E-state index in [1.54, 1.807) is 12.1 Å². The SMILES string of the molecule is CCCCC(N)C(=O)Nc1ccc(C)cc1C(=O)OC. The highest BCUT2D eigenvalue weighted by molar-refractivity contribution is 6.02. The van der Waals surface area contributed by atoms with Gasteiger partial charge in [0, 0.05) is 0 Å². The van der Waals surface area contributed by atoms with E-state index < -0.39 is 12.0 Å². The quantitative estimate of drug-likeness (QED) is 0.782. The number of amides is 1. The number of aryl methyl sites for hydroxylation is 1. The number of benzene rings is 1. The van der Waals surface area contributed by atoms with Gasteiger partial charge < -0.3 is 15.8 Å². The van der Waals surface area contributed by atoms with Crippen LogP contribution in [0.25, 0.3) is 0 Å². The smallest absolute Gasteiger partial charge is 0.339 e. The van der Waals surface area contributed by atoms with Crippen molar-refractivity contribution >= 4 is 17.6 Å². The lowest BCUT2D eigenvalue weighted by Gasteiger charge is -2.14. The van der Waals surface area contributed by atoms with E-state index in [4.69, 9.17) is 10.5 Å². The van der Waals surface area contributed by atoms with Crippen molar-refractivity contribution in [2.75, 3.05) is 12.4 Å². The Hall–Kier alpha value is -1.88. The first-order valence-corrected chi connectivity index (χ1v) is 6.75. The van der Waals surface area contributed by atoms with Crippen molar-refractivity contribution in [3.8, 4) is 0 Å². The van der Waals surface area contributed by atoms with Gasteiger partial charge in [0.2, 0.25) is 5.91 Å². The van der Waals surface area contributed by atoms with Gasteiger partial charge in [-0.1, -0.05) is 31.4 Å². The van der Waals surface area contributed by atoms with Crippen LogP contribution < -0.4 is 11.1 Å². The van der Waals surface area contributed by atoms with Crippen LogP contribution in [-0.2, 0) is 9.53 Å². The molecule has 0 heterocycles. The number of nitrogens with two attached hydrogens (primary N) is 1. The molecule has 0 spiro atoms. The molecule has 1 unspecified atom stereocenters. The number of hydrogen-bond acceptors (Lipinski definition) is 4. The Morgan fingerprint density at radius 3 is 2.70 bits per heavy atom. The Morgan fingerprint density at radius 1 is 1.40 bits per heavy atom. The first kappa shape index (κ1) is 16.2. The lowest BCUT2D eigenvalue weighted by Crippen LogP contribution is -2.35. The molecule has 1 atom stereocenters. The van der Waals surface area contributed by atoms with Gasteiger partial charge in [0.15, 0.2) is 0 Å². The van der Waals surface area contributed by atoms with Crippen LogP contribution in [0, 0.1) is 6.92 Å². The zero-order chi connectivity index (χ0) is 15.1. The second kappa shape index (κ2) is 7.65. The van der Waals surface area contributed by atoms with Crippen molar-refractivity contribution in [2.45, 2.75) is 39.2 Å². The predicted octanol–water partition coefficient (Wildman–Crippen LogP) is 2.24. The fourth-order valence-electron chi connectivity index (χ4n) is 1.83. The van der Waals surface area contributed by atoms with Gasteiger partial charge in [-0.15, -0.1) is 0 Å². The Kier molecular flexibility index (Phi) is 6.18.